The normalized spacial score (nSPS) is 18.7. The van der Waals surface area contributed by atoms with E-state index in [4.69, 9.17) is 0 Å². The van der Waals surface area contributed by atoms with Crippen LogP contribution in [0.15, 0.2) is 30.3 Å². The maximum absolute atomic E-state index is 12.2. The number of rotatable bonds is 5. The summed E-state index contributed by atoms with van der Waals surface area (Å²) in [5.74, 6) is -0.239. The number of aromatic nitrogens is 2. The summed E-state index contributed by atoms with van der Waals surface area (Å²) in [6, 6.07) is 9.49. The summed E-state index contributed by atoms with van der Waals surface area (Å²) in [5.41, 5.74) is 0.741. The molecule has 1 saturated heterocycles. The lowest BCUT2D eigenvalue weighted by molar-refractivity contribution is 0.0839. The van der Waals surface area contributed by atoms with Crippen LogP contribution in [0.2, 0.25) is 0 Å². The lowest BCUT2D eigenvalue weighted by atomic mass is 10.0. The van der Waals surface area contributed by atoms with Gasteiger partial charge in [-0.2, -0.15) is 0 Å². The number of hydrogen-bond acceptors (Lipinski definition) is 6. The van der Waals surface area contributed by atoms with Gasteiger partial charge in [-0.05, 0) is 31.5 Å². The summed E-state index contributed by atoms with van der Waals surface area (Å²) in [7, 11) is 0. The van der Waals surface area contributed by atoms with Gasteiger partial charge in [0.25, 0.3) is 5.91 Å². The average Bonchev–Trinajstić information content (AvgIpc) is 3.05. The predicted molar refractivity (Wildman–Crippen MR) is 89.4 cm³/mol. The van der Waals surface area contributed by atoms with Crippen LogP contribution >= 0.6 is 11.3 Å². The molecule has 1 amide bonds. The fourth-order valence-electron chi connectivity index (χ4n) is 2.76. The summed E-state index contributed by atoms with van der Waals surface area (Å²) in [6.07, 6.45) is 3.30. The molecule has 0 bridgehead atoms. The number of anilines is 1. The Balaban J connectivity index is 1.62. The van der Waals surface area contributed by atoms with Crippen molar-refractivity contribution in [1.82, 2.24) is 15.1 Å². The van der Waals surface area contributed by atoms with Gasteiger partial charge in [0.1, 0.15) is 5.01 Å². The monoisotopic (exact) mass is 332 g/mol. The number of aliphatic hydroxyl groups is 1. The van der Waals surface area contributed by atoms with Crippen LogP contribution < -0.4 is 5.32 Å². The first-order valence-electron chi connectivity index (χ1n) is 7.80. The summed E-state index contributed by atoms with van der Waals surface area (Å²) in [5, 5.41) is 21.6. The molecular weight excluding hydrogens is 312 g/mol. The predicted octanol–water partition coefficient (Wildman–Crippen LogP) is 2.14. The summed E-state index contributed by atoms with van der Waals surface area (Å²) in [6.45, 7) is 1.76. The van der Waals surface area contributed by atoms with Crippen molar-refractivity contribution in [2.45, 2.75) is 31.8 Å². The van der Waals surface area contributed by atoms with Crippen LogP contribution in [0.4, 0.5) is 5.69 Å². The number of nitrogens with zero attached hydrogens (tertiary/aromatic N) is 3. The van der Waals surface area contributed by atoms with Gasteiger partial charge in [-0.15, -0.1) is 10.2 Å². The van der Waals surface area contributed by atoms with Crippen molar-refractivity contribution < 1.29 is 9.90 Å². The van der Waals surface area contributed by atoms with Gasteiger partial charge in [0, 0.05) is 11.7 Å². The number of amides is 1. The molecule has 6 nitrogen and oxygen atoms in total. The highest BCUT2D eigenvalue weighted by Crippen LogP contribution is 2.21. The maximum atomic E-state index is 12.2. The van der Waals surface area contributed by atoms with E-state index in [9.17, 15) is 9.90 Å². The van der Waals surface area contributed by atoms with Crippen LogP contribution in [0.5, 0.6) is 0 Å². The van der Waals surface area contributed by atoms with Gasteiger partial charge in [-0.3, -0.25) is 9.69 Å². The molecule has 1 atom stereocenters. The number of hydrogen-bond donors (Lipinski definition) is 2. The topological polar surface area (TPSA) is 78.4 Å². The van der Waals surface area contributed by atoms with Crippen molar-refractivity contribution in [3.8, 4) is 0 Å². The zero-order valence-corrected chi connectivity index (χ0v) is 13.6. The second-order valence-corrected chi connectivity index (χ2v) is 6.69. The smallest absolute Gasteiger partial charge is 0.286 e. The molecule has 1 unspecified atom stereocenters. The molecule has 2 N–H and O–H groups in total. The molecule has 122 valence electrons. The Bertz CT molecular complexity index is 647. The summed E-state index contributed by atoms with van der Waals surface area (Å²) >= 11 is 1.31. The third kappa shape index (κ3) is 4.13. The molecule has 3 rings (SSSR count). The highest BCUT2D eigenvalue weighted by atomic mass is 32.1. The van der Waals surface area contributed by atoms with Crippen LogP contribution in [-0.4, -0.2) is 45.3 Å². The molecular formula is C16H20N4O2S. The summed E-state index contributed by atoms with van der Waals surface area (Å²) < 4.78 is 0. The first kappa shape index (κ1) is 16.0. The van der Waals surface area contributed by atoms with Gasteiger partial charge in [0.15, 0.2) is 0 Å². The molecule has 1 aliphatic heterocycles. The molecule has 2 aromatic rings. The van der Waals surface area contributed by atoms with E-state index < -0.39 is 0 Å². The van der Waals surface area contributed by atoms with Crippen molar-refractivity contribution in [1.29, 1.82) is 0 Å². The molecule has 0 saturated carbocycles. The van der Waals surface area contributed by atoms with E-state index in [1.54, 1.807) is 0 Å². The largest absolute Gasteiger partial charge is 0.395 e. The quantitative estimate of drug-likeness (QED) is 0.877. The van der Waals surface area contributed by atoms with Crippen molar-refractivity contribution in [3.63, 3.8) is 0 Å². The Hall–Kier alpha value is -1.83. The number of likely N-dealkylation sites (tertiary alicyclic amines) is 1. The molecule has 0 spiro atoms. The van der Waals surface area contributed by atoms with Gasteiger partial charge in [0.2, 0.25) is 5.01 Å². The highest BCUT2D eigenvalue weighted by Gasteiger charge is 2.23. The zero-order valence-electron chi connectivity index (χ0n) is 12.8. The molecule has 1 fully saturated rings. The zero-order chi connectivity index (χ0) is 16.1. The number of carbonyl (C=O) groups is 1. The third-order valence-electron chi connectivity index (χ3n) is 3.99. The second kappa shape index (κ2) is 7.63. The highest BCUT2D eigenvalue weighted by molar-refractivity contribution is 7.13. The van der Waals surface area contributed by atoms with Gasteiger partial charge >= 0.3 is 0 Å². The Morgan fingerprint density at radius 3 is 2.91 bits per heavy atom. The van der Waals surface area contributed by atoms with E-state index in [0.29, 0.717) is 11.6 Å². The lowest BCUT2D eigenvalue weighted by Gasteiger charge is -2.33. The van der Waals surface area contributed by atoms with Crippen LogP contribution in [0.1, 0.15) is 34.1 Å². The molecule has 0 aliphatic carbocycles. The number of piperidine rings is 1. The first-order valence-corrected chi connectivity index (χ1v) is 8.61. The fraction of sp³-hybridized carbons (Fsp3) is 0.438. The number of aliphatic hydroxyl groups excluding tert-OH is 1. The van der Waals surface area contributed by atoms with Crippen LogP contribution in [0.3, 0.4) is 0 Å². The molecule has 7 heteroatoms. The van der Waals surface area contributed by atoms with Gasteiger partial charge in [0.05, 0.1) is 13.2 Å². The van der Waals surface area contributed by atoms with Crippen molar-refractivity contribution in [2.75, 3.05) is 18.5 Å². The Labute approximate surface area is 139 Å². The van der Waals surface area contributed by atoms with E-state index in [1.807, 2.05) is 30.3 Å². The molecule has 23 heavy (non-hydrogen) atoms. The molecule has 1 aliphatic rings. The minimum atomic E-state index is -0.239. The van der Waals surface area contributed by atoms with Crippen molar-refractivity contribution >= 4 is 22.9 Å². The minimum absolute atomic E-state index is 0.167. The fourth-order valence-corrected chi connectivity index (χ4v) is 3.52. The van der Waals surface area contributed by atoms with Crippen molar-refractivity contribution in [2.24, 2.45) is 0 Å². The van der Waals surface area contributed by atoms with E-state index >= 15 is 0 Å². The molecule has 1 aromatic carbocycles. The SMILES string of the molecule is O=C(Nc1ccccc1)c1nnc(CN2CCCCC2CO)s1. The number of para-hydroxylation sites is 1. The Kier molecular flexibility index (Phi) is 5.32. The molecule has 2 heterocycles. The van der Waals surface area contributed by atoms with E-state index in [1.165, 1.54) is 11.3 Å². The Morgan fingerprint density at radius 1 is 1.30 bits per heavy atom. The maximum Gasteiger partial charge on any atom is 0.286 e. The second-order valence-electron chi connectivity index (χ2n) is 5.62. The molecule has 0 radical (unpaired) electrons. The van der Waals surface area contributed by atoms with Crippen LogP contribution in [0.25, 0.3) is 0 Å². The molecule has 1 aromatic heterocycles. The van der Waals surface area contributed by atoms with E-state index in [-0.39, 0.29) is 18.6 Å². The lowest BCUT2D eigenvalue weighted by Crippen LogP contribution is -2.41. The van der Waals surface area contributed by atoms with Gasteiger partial charge in [-0.1, -0.05) is 36.0 Å². The number of benzene rings is 1. The minimum Gasteiger partial charge on any atom is -0.395 e. The number of nitrogens with one attached hydrogen (secondary N) is 1. The van der Waals surface area contributed by atoms with E-state index in [0.717, 1.165) is 36.5 Å². The van der Waals surface area contributed by atoms with Gasteiger partial charge < -0.3 is 10.4 Å². The van der Waals surface area contributed by atoms with Crippen molar-refractivity contribution in [3.05, 3.63) is 40.3 Å². The summed E-state index contributed by atoms with van der Waals surface area (Å²) in [4.78, 5) is 14.4. The van der Waals surface area contributed by atoms with Crippen LogP contribution in [0, 0.1) is 0 Å². The van der Waals surface area contributed by atoms with E-state index in [2.05, 4.69) is 20.4 Å². The number of carbonyl (C=O) groups excluding carboxylic acids is 1. The van der Waals surface area contributed by atoms with Gasteiger partial charge in [-0.25, -0.2) is 0 Å². The average molecular weight is 332 g/mol. The standard InChI is InChI=1S/C16H20N4O2S/c21-11-13-8-4-5-9-20(13)10-14-18-19-16(23-14)15(22)17-12-6-2-1-3-7-12/h1-3,6-7,13,21H,4-5,8-11H2,(H,17,22). The Morgan fingerprint density at radius 2 is 2.13 bits per heavy atom. The first-order chi connectivity index (χ1) is 11.3. The third-order valence-corrected chi connectivity index (χ3v) is 4.90. The van der Waals surface area contributed by atoms with Crippen LogP contribution in [-0.2, 0) is 6.54 Å².